The lowest BCUT2D eigenvalue weighted by molar-refractivity contribution is 0.594. The van der Waals surface area contributed by atoms with Crippen LogP contribution in [0.15, 0.2) is 21.9 Å². The fraction of sp³-hybridized carbons (Fsp3) is 0. The van der Waals surface area contributed by atoms with E-state index in [2.05, 4.69) is 0 Å². The number of nitrogen functional groups attached to an aromatic ring is 1. The number of anilines is 1. The quantitative estimate of drug-likeness (QED) is 0.610. The number of nitrogens with two attached hydrogens (primary N) is 3. The van der Waals surface area contributed by atoms with Crippen LogP contribution in [0.2, 0.25) is 5.02 Å². The summed E-state index contributed by atoms with van der Waals surface area (Å²) in [5.74, 6) is 0. The first-order chi connectivity index (χ1) is 7.03. The standard InChI is InChI=1S/C6H8ClN3O4S2/c7-3-1-6(16(10,13)14)4(8)2-5(3)15(9,11)12/h1-2H,8H2,(H2,9,11,12)(H2,10,13,14). The van der Waals surface area contributed by atoms with Gasteiger partial charge in [0.1, 0.15) is 9.79 Å². The largest absolute Gasteiger partial charge is 0.398 e. The van der Waals surface area contributed by atoms with Crippen LogP contribution in [0.4, 0.5) is 5.69 Å². The fourth-order valence-corrected chi connectivity index (χ4v) is 2.86. The molecular formula is C6H8ClN3O4S2. The van der Waals surface area contributed by atoms with Crippen LogP contribution in [0.3, 0.4) is 0 Å². The first kappa shape index (κ1) is 13.2. The van der Waals surface area contributed by atoms with Crippen molar-refractivity contribution in [1.82, 2.24) is 0 Å². The molecule has 1 aromatic rings. The average molecular weight is 286 g/mol. The molecule has 0 atom stereocenters. The predicted octanol–water partition coefficient (Wildman–Crippen LogP) is -0.783. The second kappa shape index (κ2) is 3.86. The van der Waals surface area contributed by atoms with Gasteiger partial charge in [-0.15, -0.1) is 0 Å². The molecule has 0 unspecified atom stereocenters. The zero-order valence-electron chi connectivity index (χ0n) is 7.71. The Labute approximate surface area is 97.3 Å². The Morgan fingerprint density at radius 1 is 0.938 bits per heavy atom. The first-order valence-corrected chi connectivity index (χ1v) is 7.15. The van der Waals surface area contributed by atoms with Gasteiger partial charge in [0, 0.05) is 0 Å². The van der Waals surface area contributed by atoms with Gasteiger partial charge in [-0.1, -0.05) is 11.6 Å². The maximum Gasteiger partial charge on any atom is 0.240 e. The van der Waals surface area contributed by atoms with E-state index in [1.165, 1.54) is 0 Å². The normalized spacial score (nSPS) is 12.7. The van der Waals surface area contributed by atoms with E-state index in [1.54, 1.807) is 0 Å². The number of rotatable bonds is 2. The molecule has 0 heterocycles. The van der Waals surface area contributed by atoms with Gasteiger partial charge in [0.15, 0.2) is 0 Å². The highest BCUT2D eigenvalue weighted by molar-refractivity contribution is 7.89. The molecule has 1 aromatic carbocycles. The predicted molar refractivity (Wildman–Crippen MR) is 58.6 cm³/mol. The molecule has 6 N–H and O–H groups in total. The molecule has 0 aliphatic carbocycles. The maximum absolute atomic E-state index is 11.0. The molecule has 1 rings (SSSR count). The van der Waals surface area contributed by atoms with Gasteiger partial charge in [-0.25, -0.2) is 27.1 Å². The summed E-state index contributed by atoms with van der Waals surface area (Å²) in [5, 5.41) is 9.32. The third-order valence-electron chi connectivity index (χ3n) is 1.68. The molecule has 7 nitrogen and oxygen atoms in total. The number of hydrogen-bond acceptors (Lipinski definition) is 5. The van der Waals surface area contributed by atoms with Gasteiger partial charge in [-0.3, -0.25) is 0 Å². The summed E-state index contributed by atoms with van der Waals surface area (Å²) in [6, 6.07) is 1.68. The highest BCUT2D eigenvalue weighted by atomic mass is 35.5. The SMILES string of the molecule is Nc1cc(S(N)(=O)=O)c(Cl)cc1S(N)(=O)=O. The Morgan fingerprint density at radius 2 is 1.38 bits per heavy atom. The van der Waals surface area contributed by atoms with Crippen molar-refractivity contribution in [2.75, 3.05) is 5.73 Å². The summed E-state index contributed by atoms with van der Waals surface area (Å²) in [6.07, 6.45) is 0. The van der Waals surface area contributed by atoms with Crippen LogP contribution in [-0.4, -0.2) is 16.8 Å². The Morgan fingerprint density at radius 3 is 1.75 bits per heavy atom. The summed E-state index contributed by atoms with van der Waals surface area (Å²) >= 11 is 5.56. The van der Waals surface area contributed by atoms with Gasteiger partial charge < -0.3 is 5.73 Å². The molecule has 0 amide bonds. The van der Waals surface area contributed by atoms with E-state index < -0.39 is 29.8 Å². The molecule has 90 valence electrons. The third-order valence-corrected chi connectivity index (χ3v) is 4.02. The molecular weight excluding hydrogens is 278 g/mol. The van der Waals surface area contributed by atoms with Gasteiger partial charge >= 0.3 is 0 Å². The van der Waals surface area contributed by atoms with Crippen LogP contribution >= 0.6 is 11.6 Å². The highest BCUT2D eigenvalue weighted by Crippen LogP contribution is 2.28. The zero-order valence-corrected chi connectivity index (χ0v) is 10.1. The van der Waals surface area contributed by atoms with Crippen molar-refractivity contribution in [3.63, 3.8) is 0 Å². The lowest BCUT2D eigenvalue weighted by atomic mass is 10.3. The van der Waals surface area contributed by atoms with Crippen LogP contribution in [-0.2, 0) is 20.0 Å². The van der Waals surface area contributed by atoms with E-state index in [0.29, 0.717) is 0 Å². The molecule has 0 saturated carbocycles. The summed E-state index contributed by atoms with van der Waals surface area (Å²) in [4.78, 5) is -0.913. The molecule has 0 fully saturated rings. The Kier molecular flexibility index (Phi) is 3.18. The van der Waals surface area contributed by atoms with Crippen molar-refractivity contribution in [3.8, 4) is 0 Å². The minimum Gasteiger partial charge on any atom is -0.398 e. The molecule has 10 heteroatoms. The van der Waals surface area contributed by atoms with Crippen LogP contribution in [0.1, 0.15) is 0 Å². The average Bonchev–Trinajstić information content (AvgIpc) is 2.04. The molecule has 0 saturated heterocycles. The van der Waals surface area contributed by atoms with Crippen molar-refractivity contribution < 1.29 is 16.8 Å². The second-order valence-corrected chi connectivity index (χ2v) is 6.38. The lowest BCUT2D eigenvalue weighted by Crippen LogP contribution is -2.17. The summed E-state index contributed by atoms with van der Waals surface area (Å²) in [7, 11) is -8.13. The van der Waals surface area contributed by atoms with Crippen molar-refractivity contribution in [3.05, 3.63) is 17.2 Å². The van der Waals surface area contributed by atoms with E-state index in [0.717, 1.165) is 12.1 Å². The van der Waals surface area contributed by atoms with Crippen molar-refractivity contribution in [2.45, 2.75) is 9.79 Å². The minimum atomic E-state index is -4.07. The second-order valence-electron chi connectivity index (χ2n) is 2.91. The molecule has 0 aromatic heterocycles. The molecule has 0 aliphatic rings. The number of benzene rings is 1. The topological polar surface area (TPSA) is 146 Å². The fourth-order valence-electron chi connectivity index (χ4n) is 1.02. The Balaban J connectivity index is 3.65. The van der Waals surface area contributed by atoms with Crippen molar-refractivity contribution >= 4 is 37.3 Å². The summed E-state index contributed by atoms with van der Waals surface area (Å²) in [6.45, 7) is 0. The lowest BCUT2D eigenvalue weighted by Gasteiger charge is -2.07. The van der Waals surface area contributed by atoms with Crippen LogP contribution in [0.5, 0.6) is 0 Å². The van der Waals surface area contributed by atoms with E-state index in [-0.39, 0.29) is 10.7 Å². The monoisotopic (exact) mass is 285 g/mol. The van der Waals surface area contributed by atoms with E-state index in [1.807, 2.05) is 0 Å². The van der Waals surface area contributed by atoms with E-state index in [4.69, 9.17) is 27.6 Å². The van der Waals surface area contributed by atoms with Gasteiger partial charge in [0.05, 0.1) is 10.7 Å². The van der Waals surface area contributed by atoms with Gasteiger partial charge in [0.2, 0.25) is 20.0 Å². The Hall–Kier alpha value is -0.870. The maximum atomic E-state index is 11.0. The van der Waals surface area contributed by atoms with Gasteiger partial charge in [-0.05, 0) is 12.1 Å². The number of sulfonamides is 2. The molecule has 16 heavy (non-hydrogen) atoms. The first-order valence-electron chi connectivity index (χ1n) is 3.68. The van der Waals surface area contributed by atoms with E-state index in [9.17, 15) is 16.8 Å². The molecule has 0 aliphatic heterocycles. The number of primary sulfonamides is 2. The molecule has 0 spiro atoms. The van der Waals surface area contributed by atoms with E-state index >= 15 is 0 Å². The number of halogens is 1. The summed E-state index contributed by atoms with van der Waals surface area (Å²) < 4.78 is 44.1. The molecule has 0 radical (unpaired) electrons. The van der Waals surface area contributed by atoms with Crippen LogP contribution < -0.4 is 16.0 Å². The third kappa shape index (κ3) is 2.62. The minimum absolute atomic E-state index is 0.337. The van der Waals surface area contributed by atoms with Gasteiger partial charge in [0.25, 0.3) is 0 Å². The number of hydrogen-bond donors (Lipinski definition) is 3. The zero-order chi connectivity index (χ0) is 12.7. The van der Waals surface area contributed by atoms with Crippen LogP contribution in [0, 0.1) is 0 Å². The van der Waals surface area contributed by atoms with Crippen LogP contribution in [0.25, 0.3) is 0 Å². The Bertz CT molecular complexity index is 580. The summed E-state index contributed by atoms with van der Waals surface area (Å²) in [5.41, 5.74) is 5.00. The molecule has 0 bridgehead atoms. The smallest absolute Gasteiger partial charge is 0.240 e. The van der Waals surface area contributed by atoms with Crippen molar-refractivity contribution in [1.29, 1.82) is 0 Å². The van der Waals surface area contributed by atoms with Gasteiger partial charge in [-0.2, -0.15) is 0 Å². The van der Waals surface area contributed by atoms with Crippen molar-refractivity contribution in [2.24, 2.45) is 10.3 Å². The highest BCUT2D eigenvalue weighted by Gasteiger charge is 2.20.